The number of benzene rings is 5. The van der Waals surface area contributed by atoms with Crippen molar-refractivity contribution in [3.8, 4) is 27.9 Å². The van der Waals surface area contributed by atoms with E-state index < -0.39 is 0 Å². The summed E-state index contributed by atoms with van der Waals surface area (Å²) in [5.41, 5.74) is 18.7. The van der Waals surface area contributed by atoms with Crippen molar-refractivity contribution >= 4 is 21.8 Å². The van der Waals surface area contributed by atoms with Gasteiger partial charge in [0.1, 0.15) is 0 Å². The number of hydrogen-bond acceptors (Lipinski definition) is 0. The lowest BCUT2D eigenvalue weighted by Gasteiger charge is -2.21. The average molecular weight is 432 g/mol. The quantitative estimate of drug-likeness (QED) is 0.231. The lowest BCUT2D eigenvalue weighted by Crippen LogP contribution is -2.08. The highest BCUT2D eigenvalue weighted by Crippen LogP contribution is 2.52. The van der Waals surface area contributed by atoms with Crippen LogP contribution in [0.1, 0.15) is 33.4 Å². The van der Waals surface area contributed by atoms with Crippen LogP contribution in [0.3, 0.4) is 0 Å². The van der Waals surface area contributed by atoms with Gasteiger partial charge < -0.3 is 4.57 Å². The third kappa shape index (κ3) is 1.94. The zero-order valence-electron chi connectivity index (χ0n) is 18.7. The molecule has 3 aliphatic rings. The second-order valence-corrected chi connectivity index (χ2v) is 10.1. The summed E-state index contributed by atoms with van der Waals surface area (Å²) in [4.78, 5) is 0. The first-order chi connectivity index (χ1) is 16.9. The number of hydrogen-bond donors (Lipinski definition) is 0. The first-order valence-electron chi connectivity index (χ1n) is 12.3. The molecule has 0 N–H and O–H groups in total. The highest BCUT2D eigenvalue weighted by molar-refractivity contribution is 6.21. The number of nitrogens with zero attached hydrogens (tertiary/aromatic N) is 1. The van der Waals surface area contributed by atoms with Gasteiger partial charge in [0.15, 0.2) is 0 Å². The lowest BCUT2D eigenvalue weighted by molar-refractivity contribution is 1.04. The number of rotatable bonds is 0. The van der Waals surface area contributed by atoms with Gasteiger partial charge in [-0.15, -0.1) is 0 Å². The van der Waals surface area contributed by atoms with Gasteiger partial charge in [0.25, 0.3) is 0 Å². The summed E-state index contributed by atoms with van der Waals surface area (Å²) in [6.07, 6.45) is 3.07. The Kier molecular flexibility index (Phi) is 3.00. The monoisotopic (exact) mass is 431 g/mol. The van der Waals surface area contributed by atoms with Crippen LogP contribution in [0.15, 0.2) is 91.0 Å². The van der Waals surface area contributed by atoms with Crippen LogP contribution in [0, 0.1) is 0 Å². The van der Waals surface area contributed by atoms with Crippen molar-refractivity contribution in [2.75, 3.05) is 0 Å². The summed E-state index contributed by atoms with van der Waals surface area (Å²) in [6.45, 7) is 0. The molecule has 0 bridgehead atoms. The lowest BCUT2D eigenvalue weighted by atomic mass is 9.90. The SMILES string of the molecule is c1ccc2c(c1)Cc1c-2ccc2c1c1c3c(cc4c1n2-c1ccccc1C4)Cc1ccccc1-3. The maximum atomic E-state index is 2.57. The Bertz CT molecular complexity index is 1880. The fraction of sp³-hybridized carbons (Fsp3) is 0.0909. The van der Waals surface area contributed by atoms with E-state index in [1.165, 1.54) is 83.1 Å². The maximum Gasteiger partial charge on any atom is 0.0583 e. The van der Waals surface area contributed by atoms with Crippen LogP contribution in [-0.2, 0) is 19.3 Å². The van der Waals surface area contributed by atoms with Gasteiger partial charge in [0.2, 0.25) is 0 Å². The van der Waals surface area contributed by atoms with Gasteiger partial charge in [-0.25, -0.2) is 0 Å². The zero-order valence-corrected chi connectivity index (χ0v) is 18.7. The highest BCUT2D eigenvalue weighted by Gasteiger charge is 2.32. The van der Waals surface area contributed by atoms with Crippen LogP contribution in [0.2, 0.25) is 0 Å². The van der Waals surface area contributed by atoms with Gasteiger partial charge in [0, 0.05) is 22.9 Å². The molecule has 0 atom stereocenters. The Morgan fingerprint density at radius 3 is 2.09 bits per heavy atom. The number of fused-ring (bicyclic) bond motifs is 13. The third-order valence-electron chi connectivity index (χ3n) is 8.42. The van der Waals surface area contributed by atoms with Crippen LogP contribution in [0.25, 0.3) is 49.7 Å². The fourth-order valence-electron chi connectivity index (χ4n) is 7.11. The Morgan fingerprint density at radius 2 is 1.21 bits per heavy atom. The van der Waals surface area contributed by atoms with Gasteiger partial charge in [-0.2, -0.15) is 0 Å². The largest absolute Gasteiger partial charge is 0.309 e. The van der Waals surface area contributed by atoms with E-state index in [2.05, 4.69) is 95.6 Å². The number of para-hydroxylation sites is 1. The molecule has 0 saturated heterocycles. The molecule has 0 unspecified atom stereocenters. The van der Waals surface area contributed by atoms with E-state index in [0.29, 0.717) is 0 Å². The molecule has 0 fully saturated rings. The topological polar surface area (TPSA) is 4.93 Å². The van der Waals surface area contributed by atoms with E-state index in [0.717, 1.165) is 19.3 Å². The van der Waals surface area contributed by atoms with E-state index in [1.807, 2.05) is 0 Å². The molecule has 0 radical (unpaired) electrons. The van der Waals surface area contributed by atoms with Gasteiger partial charge in [-0.1, -0.05) is 78.9 Å². The summed E-state index contributed by atoms with van der Waals surface area (Å²) in [5, 5.41) is 2.95. The van der Waals surface area contributed by atoms with Crippen molar-refractivity contribution < 1.29 is 0 Å². The van der Waals surface area contributed by atoms with Crippen LogP contribution in [0.5, 0.6) is 0 Å². The van der Waals surface area contributed by atoms with Crippen molar-refractivity contribution in [1.29, 1.82) is 0 Å². The minimum atomic E-state index is 1.01. The van der Waals surface area contributed by atoms with Crippen LogP contribution < -0.4 is 0 Å². The number of aromatic nitrogens is 1. The van der Waals surface area contributed by atoms with Gasteiger partial charge >= 0.3 is 0 Å². The van der Waals surface area contributed by atoms with Crippen molar-refractivity contribution in [3.63, 3.8) is 0 Å². The minimum absolute atomic E-state index is 1.01. The summed E-state index contributed by atoms with van der Waals surface area (Å²) in [7, 11) is 0. The first-order valence-corrected chi connectivity index (χ1v) is 12.3. The molecular weight excluding hydrogens is 410 g/mol. The summed E-state index contributed by atoms with van der Waals surface area (Å²) in [6, 6.07) is 34.3. The molecule has 1 aliphatic heterocycles. The Balaban J connectivity index is 1.54. The molecule has 1 aromatic heterocycles. The molecule has 158 valence electrons. The molecule has 0 saturated carbocycles. The van der Waals surface area contributed by atoms with Crippen LogP contribution >= 0.6 is 0 Å². The second kappa shape index (κ2) is 5.87. The van der Waals surface area contributed by atoms with Crippen LogP contribution in [0.4, 0.5) is 0 Å². The smallest absolute Gasteiger partial charge is 0.0583 e. The Morgan fingerprint density at radius 1 is 0.500 bits per heavy atom. The maximum absolute atomic E-state index is 2.57. The molecular formula is C33H21N. The van der Waals surface area contributed by atoms with Crippen molar-refractivity contribution in [1.82, 2.24) is 4.57 Å². The van der Waals surface area contributed by atoms with Crippen molar-refractivity contribution in [2.45, 2.75) is 19.3 Å². The molecule has 0 amide bonds. The predicted octanol–water partition coefficient (Wildman–Crippen LogP) is 7.83. The third-order valence-corrected chi connectivity index (χ3v) is 8.42. The molecule has 34 heavy (non-hydrogen) atoms. The van der Waals surface area contributed by atoms with Crippen molar-refractivity contribution in [3.05, 3.63) is 124 Å². The van der Waals surface area contributed by atoms with E-state index in [1.54, 1.807) is 0 Å². The first kappa shape index (κ1) is 17.4. The van der Waals surface area contributed by atoms with Crippen LogP contribution in [-0.4, -0.2) is 4.57 Å². The standard InChI is InChI=1S/C33H21N/c1-4-10-24-20(8-1)18-27-26(24)13-14-29-31(27)32-30-22(15-19-7-2-5-11-25(19)30)17-23-16-21-9-3-6-12-28(21)34(29)33(23)32/h1-14,17H,15-16,18H2. The Labute approximate surface area is 197 Å². The molecule has 2 aliphatic carbocycles. The molecule has 0 spiro atoms. The van der Waals surface area contributed by atoms with Gasteiger partial charge in [-0.3, -0.25) is 0 Å². The molecule has 6 aromatic rings. The van der Waals surface area contributed by atoms with E-state index in [9.17, 15) is 0 Å². The molecule has 5 aromatic carbocycles. The highest BCUT2D eigenvalue weighted by atomic mass is 15.0. The van der Waals surface area contributed by atoms with E-state index in [4.69, 9.17) is 0 Å². The Hall–Kier alpha value is -4.10. The van der Waals surface area contributed by atoms with E-state index in [-0.39, 0.29) is 0 Å². The summed E-state index contributed by atoms with van der Waals surface area (Å²) in [5.74, 6) is 0. The normalized spacial score (nSPS) is 14.1. The van der Waals surface area contributed by atoms with Crippen molar-refractivity contribution in [2.24, 2.45) is 0 Å². The summed E-state index contributed by atoms with van der Waals surface area (Å²) < 4.78 is 2.57. The predicted molar refractivity (Wildman–Crippen MR) is 140 cm³/mol. The fourth-order valence-corrected chi connectivity index (χ4v) is 7.11. The molecule has 2 heterocycles. The average Bonchev–Trinajstić information content (AvgIpc) is 3.54. The zero-order chi connectivity index (χ0) is 22.0. The molecule has 1 nitrogen and oxygen atoms in total. The van der Waals surface area contributed by atoms with E-state index >= 15 is 0 Å². The van der Waals surface area contributed by atoms with Gasteiger partial charge in [0.05, 0.1) is 11.0 Å². The molecule has 1 heteroatoms. The second-order valence-electron chi connectivity index (χ2n) is 10.1. The van der Waals surface area contributed by atoms with Gasteiger partial charge in [-0.05, 0) is 80.6 Å². The summed E-state index contributed by atoms with van der Waals surface area (Å²) >= 11 is 0. The molecule has 9 rings (SSSR count). The minimum Gasteiger partial charge on any atom is -0.309 e.